The van der Waals surface area contributed by atoms with Gasteiger partial charge in [-0.25, -0.2) is 9.97 Å². The van der Waals surface area contributed by atoms with Gasteiger partial charge in [0.15, 0.2) is 0 Å². The second-order valence-electron chi connectivity index (χ2n) is 4.32. The van der Waals surface area contributed by atoms with Crippen molar-refractivity contribution in [3.05, 3.63) is 42.2 Å². The van der Waals surface area contributed by atoms with Crippen LogP contribution in [0.25, 0.3) is 16.9 Å². The number of methoxy groups -OCH3 is 1. The predicted molar refractivity (Wildman–Crippen MR) is 88.6 cm³/mol. The van der Waals surface area contributed by atoms with Crippen molar-refractivity contribution in [1.82, 2.24) is 14.4 Å². The molecule has 3 aromatic rings. The quantitative estimate of drug-likeness (QED) is 0.785. The normalized spacial score (nSPS) is 9.81. The van der Waals surface area contributed by atoms with E-state index in [0.717, 1.165) is 22.5 Å². The van der Waals surface area contributed by atoms with Gasteiger partial charge in [0.2, 0.25) is 5.88 Å². The molecule has 0 bridgehead atoms. The zero-order valence-electron chi connectivity index (χ0n) is 11.6. The molecule has 3 aromatic heterocycles. The number of ether oxygens (including phenoxy) is 1. The Morgan fingerprint density at radius 1 is 1.19 bits per heavy atom. The van der Waals surface area contributed by atoms with Crippen molar-refractivity contribution in [3.63, 3.8) is 0 Å². The highest BCUT2D eigenvalue weighted by Gasteiger charge is 2.12. The van der Waals surface area contributed by atoms with Gasteiger partial charge in [0.05, 0.1) is 7.11 Å². The lowest BCUT2D eigenvalue weighted by Gasteiger charge is -2.01. The first-order valence-corrected chi connectivity index (χ1v) is 5.94. The number of pyridine rings is 2. The Bertz CT molecular complexity index is 741. The van der Waals surface area contributed by atoms with Crippen LogP contribution < -0.4 is 10.5 Å². The molecule has 112 valence electrons. The van der Waals surface area contributed by atoms with E-state index in [0.29, 0.717) is 11.7 Å². The van der Waals surface area contributed by atoms with E-state index in [9.17, 15) is 0 Å². The number of aromatic nitrogens is 3. The second-order valence-corrected chi connectivity index (χ2v) is 4.32. The summed E-state index contributed by atoms with van der Waals surface area (Å²) in [7, 11) is 1.59. The van der Waals surface area contributed by atoms with Crippen molar-refractivity contribution in [2.45, 2.75) is 6.92 Å². The first-order chi connectivity index (χ1) is 9.20. The third-order valence-electron chi connectivity index (χ3n) is 3.10. The molecule has 3 rings (SSSR count). The smallest absolute Gasteiger partial charge is 0.212 e. The molecule has 0 radical (unpaired) electrons. The van der Waals surface area contributed by atoms with Crippen LogP contribution in [0.3, 0.4) is 0 Å². The van der Waals surface area contributed by atoms with Gasteiger partial charge in [0, 0.05) is 24.0 Å². The molecular formula is C14H16Cl2N4O. The standard InChI is InChI=1S/C14H14N4O.2ClH/c1-9-4-3-7-18-13(15)12(17-14(9)18)10-5-6-11(19-2)16-8-10;;/h3-8H,15H2,1-2H3;2*1H. The molecule has 5 nitrogen and oxygen atoms in total. The predicted octanol–water partition coefficient (Wildman–Crippen LogP) is 3.14. The number of nitrogen functional groups attached to an aromatic ring is 1. The van der Waals surface area contributed by atoms with E-state index >= 15 is 0 Å². The van der Waals surface area contributed by atoms with E-state index in [2.05, 4.69) is 9.97 Å². The van der Waals surface area contributed by atoms with Crippen LogP contribution in [0.1, 0.15) is 5.56 Å². The highest BCUT2D eigenvalue weighted by Crippen LogP contribution is 2.27. The summed E-state index contributed by atoms with van der Waals surface area (Å²) in [5.74, 6) is 1.19. The molecule has 0 saturated heterocycles. The molecule has 0 aliphatic heterocycles. The number of aryl methyl sites for hydroxylation is 1. The molecule has 21 heavy (non-hydrogen) atoms. The van der Waals surface area contributed by atoms with Crippen LogP contribution in [0, 0.1) is 6.92 Å². The Morgan fingerprint density at radius 2 is 1.95 bits per heavy atom. The molecule has 0 aliphatic carbocycles. The number of hydrogen-bond donors (Lipinski definition) is 1. The van der Waals surface area contributed by atoms with Gasteiger partial charge in [0.1, 0.15) is 17.2 Å². The summed E-state index contributed by atoms with van der Waals surface area (Å²) in [6.07, 6.45) is 3.62. The Balaban J connectivity index is 0.00000110. The molecule has 0 aliphatic rings. The molecule has 0 amide bonds. The molecule has 0 saturated carbocycles. The van der Waals surface area contributed by atoms with Gasteiger partial charge in [-0.05, 0) is 24.6 Å². The van der Waals surface area contributed by atoms with Gasteiger partial charge in [0.25, 0.3) is 0 Å². The van der Waals surface area contributed by atoms with Crippen molar-refractivity contribution in [3.8, 4) is 17.1 Å². The van der Waals surface area contributed by atoms with Gasteiger partial charge in [-0.2, -0.15) is 0 Å². The maximum absolute atomic E-state index is 6.15. The van der Waals surface area contributed by atoms with Gasteiger partial charge in [-0.15, -0.1) is 24.8 Å². The molecule has 0 aromatic carbocycles. The number of imidazole rings is 1. The summed E-state index contributed by atoms with van der Waals surface area (Å²) in [6.45, 7) is 2.01. The molecule has 0 spiro atoms. The van der Waals surface area contributed by atoms with Gasteiger partial charge in [-0.1, -0.05) is 6.07 Å². The topological polar surface area (TPSA) is 65.4 Å². The maximum atomic E-state index is 6.15. The van der Waals surface area contributed by atoms with Crippen LogP contribution >= 0.6 is 24.8 Å². The van der Waals surface area contributed by atoms with E-state index in [1.807, 2.05) is 35.7 Å². The van der Waals surface area contributed by atoms with E-state index in [1.165, 1.54) is 0 Å². The van der Waals surface area contributed by atoms with E-state index in [1.54, 1.807) is 19.4 Å². The molecular weight excluding hydrogens is 311 g/mol. The van der Waals surface area contributed by atoms with E-state index < -0.39 is 0 Å². The molecule has 0 fully saturated rings. The number of halogens is 2. The van der Waals surface area contributed by atoms with Crippen molar-refractivity contribution in [2.24, 2.45) is 0 Å². The SMILES string of the molecule is COc1ccc(-c2nc3c(C)cccn3c2N)cn1.Cl.Cl. The summed E-state index contributed by atoms with van der Waals surface area (Å²) in [5.41, 5.74) is 9.72. The fourth-order valence-corrected chi connectivity index (χ4v) is 2.08. The summed E-state index contributed by atoms with van der Waals surface area (Å²) < 4.78 is 6.93. The molecule has 3 heterocycles. The lowest BCUT2D eigenvalue weighted by Crippen LogP contribution is -1.94. The minimum atomic E-state index is 0. The first kappa shape index (κ1) is 17.1. The van der Waals surface area contributed by atoms with Gasteiger partial charge >= 0.3 is 0 Å². The third kappa shape index (κ3) is 2.89. The Kier molecular flexibility index (Phi) is 5.41. The Hall–Kier alpha value is -1.98. The average molecular weight is 327 g/mol. The maximum Gasteiger partial charge on any atom is 0.212 e. The molecule has 0 unspecified atom stereocenters. The number of fused-ring (bicyclic) bond motifs is 1. The summed E-state index contributed by atoms with van der Waals surface area (Å²) in [4.78, 5) is 8.77. The van der Waals surface area contributed by atoms with Crippen LogP contribution in [-0.4, -0.2) is 21.5 Å². The summed E-state index contributed by atoms with van der Waals surface area (Å²) in [6, 6.07) is 7.67. The van der Waals surface area contributed by atoms with Gasteiger partial charge < -0.3 is 10.5 Å². The molecule has 0 atom stereocenters. The third-order valence-corrected chi connectivity index (χ3v) is 3.10. The molecule has 7 heteroatoms. The van der Waals surface area contributed by atoms with Crippen LogP contribution in [0.2, 0.25) is 0 Å². The van der Waals surface area contributed by atoms with Crippen molar-refractivity contribution < 1.29 is 4.74 Å². The van der Waals surface area contributed by atoms with Gasteiger partial charge in [-0.3, -0.25) is 4.40 Å². The number of nitrogens with zero attached hydrogens (tertiary/aromatic N) is 3. The largest absolute Gasteiger partial charge is 0.481 e. The second kappa shape index (κ2) is 6.65. The number of anilines is 1. The fraction of sp³-hybridized carbons (Fsp3) is 0.143. The zero-order chi connectivity index (χ0) is 13.4. The molecule has 2 N–H and O–H groups in total. The van der Waals surface area contributed by atoms with Crippen LogP contribution in [0.4, 0.5) is 5.82 Å². The summed E-state index contributed by atoms with van der Waals surface area (Å²) >= 11 is 0. The first-order valence-electron chi connectivity index (χ1n) is 5.94. The lowest BCUT2D eigenvalue weighted by atomic mass is 10.2. The Morgan fingerprint density at radius 3 is 2.52 bits per heavy atom. The van der Waals surface area contributed by atoms with Crippen molar-refractivity contribution >= 4 is 36.3 Å². The number of nitrogens with two attached hydrogens (primary N) is 1. The Labute approximate surface area is 135 Å². The minimum absolute atomic E-state index is 0. The van der Waals surface area contributed by atoms with Crippen molar-refractivity contribution in [1.29, 1.82) is 0 Å². The van der Waals surface area contributed by atoms with Crippen molar-refractivity contribution in [2.75, 3.05) is 12.8 Å². The van der Waals surface area contributed by atoms with Crippen LogP contribution in [0.15, 0.2) is 36.7 Å². The number of hydrogen-bond acceptors (Lipinski definition) is 4. The number of rotatable bonds is 2. The summed E-state index contributed by atoms with van der Waals surface area (Å²) in [5, 5.41) is 0. The lowest BCUT2D eigenvalue weighted by molar-refractivity contribution is 0.398. The van der Waals surface area contributed by atoms with Crippen LogP contribution in [-0.2, 0) is 0 Å². The highest BCUT2D eigenvalue weighted by molar-refractivity contribution is 5.85. The zero-order valence-corrected chi connectivity index (χ0v) is 13.2. The average Bonchev–Trinajstić information content (AvgIpc) is 2.78. The van der Waals surface area contributed by atoms with Crippen LogP contribution in [0.5, 0.6) is 5.88 Å². The van der Waals surface area contributed by atoms with E-state index in [-0.39, 0.29) is 24.8 Å². The fourth-order valence-electron chi connectivity index (χ4n) is 2.08. The minimum Gasteiger partial charge on any atom is -0.481 e. The van der Waals surface area contributed by atoms with E-state index in [4.69, 9.17) is 10.5 Å². The highest BCUT2D eigenvalue weighted by atomic mass is 35.5. The monoisotopic (exact) mass is 326 g/mol.